The van der Waals surface area contributed by atoms with Crippen LogP contribution in [-0.4, -0.2) is 26.3 Å². The van der Waals surface area contributed by atoms with Crippen molar-refractivity contribution in [2.45, 2.75) is 31.6 Å². The number of thiocarbonyl (C=S) groups is 1. The Balaban J connectivity index is 2.11. The molecule has 0 fully saturated rings. The lowest BCUT2D eigenvalue weighted by molar-refractivity contribution is 0.463. The third kappa shape index (κ3) is 3.41. The molecule has 0 saturated carbocycles. The lowest BCUT2D eigenvalue weighted by Gasteiger charge is -2.27. The zero-order valence-electron chi connectivity index (χ0n) is 12.1. The van der Waals surface area contributed by atoms with Crippen LogP contribution in [0.1, 0.15) is 26.7 Å². The number of anilines is 1. The Kier molecular flexibility index (Phi) is 4.34. The Morgan fingerprint density at radius 3 is 2.71 bits per heavy atom. The van der Waals surface area contributed by atoms with E-state index in [-0.39, 0.29) is 10.3 Å². The summed E-state index contributed by atoms with van der Waals surface area (Å²) in [6.07, 6.45) is 3.05. The van der Waals surface area contributed by atoms with Crippen molar-refractivity contribution in [3.63, 3.8) is 0 Å². The van der Waals surface area contributed by atoms with Gasteiger partial charge in [0.15, 0.2) is 0 Å². The second kappa shape index (κ2) is 5.73. The fourth-order valence-electron chi connectivity index (χ4n) is 2.14. The summed E-state index contributed by atoms with van der Waals surface area (Å²) < 4.78 is 27.4. The number of hydrogen-bond acceptors (Lipinski definition) is 4. The van der Waals surface area contributed by atoms with Gasteiger partial charge in [-0.05, 0) is 25.0 Å². The van der Waals surface area contributed by atoms with Crippen molar-refractivity contribution in [1.29, 1.82) is 0 Å². The molecule has 1 aliphatic heterocycles. The molecular weight excluding hydrogens is 306 g/mol. The van der Waals surface area contributed by atoms with Crippen molar-refractivity contribution in [2.75, 3.05) is 11.4 Å². The molecule has 0 saturated heterocycles. The molecular formula is C14H19N3O2S2. The van der Waals surface area contributed by atoms with E-state index in [1.807, 2.05) is 24.8 Å². The summed E-state index contributed by atoms with van der Waals surface area (Å²) in [6.45, 7) is 4.69. The van der Waals surface area contributed by atoms with Crippen molar-refractivity contribution >= 4 is 39.3 Å². The molecule has 7 heteroatoms. The maximum absolute atomic E-state index is 11.9. The Morgan fingerprint density at radius 1 is 1.38 bits per heavy atom. The predicted octanol–water partition coefficient (Wildman–Crippen LogP) is 2.32. The fraction of sp³-hybridized carbons (Fsp3) is 0.429. The first-order chi connectivity index (χ1) is 9.74. The number of fused-ring (bicyclic) bond motifs is 1. The standard InChI is InChI=1S/C14H19N3O2S2/c1-14(2,13(15)20)8-5-9-17-10-16-21(18,19)12-7-4-3-6-11(12)17/h3-4,6-7,10H,5,8-9H2,1-2H3,(H2,15,20). The van der Waals surface area contributed by atoms with Gasteiger partial charge in [-0.2, -0.15) is 8.42 Å². The van der Waals surface area contributed by atoms with Crippen molar-refractivity contribution in [3.8, 4) is 0 Å². The van der Waals surface area contributed by atoms with Crippen LogP contribution < -0.4 is 10.6 Å². The van der Waals surface area contributed by atoms with Crippen LogP contribution >= 0.6 is 12.2 Å². The normalized spacial score (nSPS) is 16.6. The van der Waals surface area contributed by atoms with E-state index in [0.717, 1.165) is 12.8 Å². The van der Waals surface area contributed by atoms with Gasteiger partial charge in [-0.25, -0.2) is 0 Å². The van der Waals surface area contributed by atoms with E-state index in [2.05, 4.69) is 4.40 Å². The lowest BCUT2D eigenvalue weighted by atomic mass is 9.88. The van der Waals surface area contributed by atoms with Gasteiger partial charge in [0.05, 0.1) is 10.7 Å². The van der Waals surface area contributed by atoms with Crippen molar-refractivity contribution < 1.29 is 8.42 Å². The Labute approximate surface area is 130 Å². The largest absolute Gasteiger partial charge is 0.393 e. The summed E-state index contributed by atoms with van der Waals surface area (Å²) in [7, 11) is -3.55. The second-order valence-corrected chi connectivity index (χ2v) is 7.75. The van der Waals surface area contributed by atoms with E-state index in [9.17, 15) is 8.42 Å². The SMILES string of the molecule is CC(C)(CCCN1C=NS(=O)(=O)c2ccccc21)C(N)=S. The molecule has 0 unspecified atom stereocenters. The third-order valence-corrected chi connectivity index (χ3v) is 5.47. The smallest absolute Gasteiger partial charge is 0.285 e. The molecule has 1 aromatic carbocycles. The van der Waals surface area contributed by atoms with Crippen LogP contribution in [0.4, 0.5) is 5.69 Å². The minimum atomic E-state index is -3.55. The minimum absolute atomic E-state index is 0.201. The van der Waals surface area contributed by atoms with Gasteiger partial charge in [-0.1, -0.05) is 38.2 Å². The summed E-state index contributed by atoms with van der Waals surface area (Å²) in [4.78, 5) is 2.60. The number of benzene rings is 1. The van der Waals surface area contributed by atoms with Gasteiger partial charge in [0, 0.05) is 12.0 Å². The molecule has 0 radical (unpaired) electrons. The monoisotopic (exact) mass is 325 g/mol. The minimum Gasteiger partial charge on any atom is -0.393 e. The number of rotatable bonds is 5. The molecule has 0 atom stereocenters. The first kappa shape index (κ1) is 15.9. The van der Waals surface area contributed by atoms with Crippen molar-refractivity contribution in [1.82, 2.24) is 0 Å². The summed E-state index contributed by atoms with van der Waals surface area (Å²) in [5.74, 6) is 0. The van der Waals surface area contributed by atoms with E-state index >= 15 is 0 Å². The molecule has 0 amide bonds. The van der Waals surface area contributed by atoms with Gasteiger partial charge in [-0.3, -0.25) is 0 Å². The molecule has 0 spiro atoms. The number of sulfonamides is 1. The third-order valence-electron chi connectivity index (χ3n) is 3.65. The number of para-hydroxylation sites is 1. The molecule has 21 heavy (non-hydrogen) atoms. The van der Waals surface area contributed by atoms with Crippen LogP contribution in [0, 0.1) is 5.41 Å². The average molecular weight is 325 g/mol. The van der Waals surface area contributed by atoms with Crippen LogP contribution in [-0.2, 0) is 10.0 Å². The van der Waals surface area contributed by atoms with Crippen LogP contribution in [0.3, 0.4) is 0 Å². The molecule has 5 nitrogen and oxygen atoms in total. The van der Waals surface area contributed by atoms with E-state index in [1.54, 1.807) is 18.2 Å². The Hall–Kier alpha value is -1.47. The molecule has 0 aromatic heterocycles. The molecule has 0 bridgehead atoms. The maximum Gasteiger partial charge on any atom is 0.285 e. The number of hydrogen-bond donors (Lipinski definition) is 1. The van der Waals surface area contributed by atoms with Crippen molar-refractivity contribution in [3.05, 3.63) is 24.3 Å². The van der Waals surface area contributed by atoms with Gasteiger partial charge >= 0.3 is 0 Å². The first-order valence-electron chi connectivity index (χ1n) is 6.70. The van der Waals surface area contributed by atoms with Crippen molar-refractivity contribution in [2.24, 2.45) is 15.5 Å². The Morgan fingerprint density at radius 2 is 2.05 bits per heavy atom. The van der Waals surface area contributed by atoms with E-state index < -0.39 is 10.0 Å². The molecule has 1 heterocycles. The zero-order valence-corrected chi connectivity index (χ0v) is 13.7. The highest BCUT2D eigenvalue weighted by Crippen LogP contribution is 2.30. The van der Waals surface area contributed by atoms with Gasteiger partial charge in [0.2, 0.25) is 0 Å². The van der Waals surface area contributed by atoms with Gasteiger partial charge in [-0.15, -0.1) is 4.40 Å². The molecule has 1 aromatic rings. The zero-order chi connectivity index (χ0) is 15.7. The molecule has 114 valence electrons. The average Bonchev–Trinajstić information content (AvgIpc) is 2.41. The van der Waals surface area contributed by atoms with Crippen LogP contribution in [0.2, 0.25) is 0 Å². The predicted molar refractivity (Wildman–Crippen MR) is 89.3 cm³/mol. The number of nitrogens with zero attached hydrogens (tertiary/aromatic N) is 2. The summed E-state index contributed by atoms with van der Waals surface area (Å²) >= 11 is 5.05. The van der Waals surface area contributed by atoms with E-state index in [1.165, 1.54) is 6.34 Å². The van der Waals surface area contributed by atoms with E-state index in [0.29, 0.717) is 17.2 Å². The van der Waals surface area contributed by atoms with Gasteiger partial charge in [0.25, 0.3) is 10.0 Å². The topological polar surface area (TPSA) is 75.8 Å². The summed E-state index contributed by atoms with van der Waals surface area (Å²) in [6, 6.07) is 6.88. The highest BCUT2D eigenvalue weighted by atomic mass is 32.2. The van der Waals surface area contributed by atoms with Crippen LogP contribution in [0.15, 0.2) is 33.6 Å². The van der Waals surface area contributed by atoms with Gasteiger partial charge in [0.1, 0.15) is 11.2 Å². The highest BCUT2D eigenvalue weighted by molar-refractivity contribution is 7.90. The quantitative estimate of drug-likeness (QED) is 0.841. The maximum atomic E-state index is 11.9. The van der Waals surface area contributed by atoms with Crippen LogP contribution in [0.25, 0.3) is 0 Å². The van der Waals surface area contributed by atoms with Crippen LogP contribution in [0.5, 0.6) is 0 Å². The molecule has 0 aliphatic carbocycles. The molecule has 1 aliphatic rings. The number of nitrogens with two attached hydrogens (primary N) is 1. The lowest BCUT2D eigenvalue weighted by Crippen LogP contribution is -2.32. The molecule has 2 N–H and O–H groups in total. The second-order valence-electron chi connectivity index (χ2n) is 5.71. The van der Waals surface area contributed by atoms with E-state index in [4.69, 9.17) is 18.0 Å². The fourth-order valence-corrected chi connectivity index (χ4v) is 3.30. The van der Waals surface area contributed by atoms with Gasteiger partial charge < -0.3 is 10.6 Å². The molecule has 2 rings (SSSR count). The summed E-state index contributed by atoms with van der Waals surface area (Å²) in [5, 5.41) is 0. The first-order valence-corrected chi connectivity index (χ1v) is 8.55. The Bertz CT molecular complexity index is 681. The highest BCUT2D eigenvalue weighted by Gasteiger charge is 2.26. The summed E-state index contributed by atoms with van der Waals surface area (Å²) in [5.41, 5.74) is 6.18.